The summed E-state index contributed by atoms with van der Waals surface area (Å²) in [5.74, 6) is 0. The summed E-state index contributed by atoms with van der Waals surface area (Å²) in [6.07, 6.45) is 0. The third kappa shape index (κ3) is 7.33. The number of hydrogen-bond donors (Lipinski definition) is 2. The van der Waals surface area contributed by atoms with Crippen molar-refractivity contribution in [1.29, 1.82) is 0 Å². The second-order valence-corrected chi connectivity index (χ2v) is 7.13. The third-order valence-corrected chi connectivity index (χ3v) is 4.50. The van der Waals surface area contributed by atoms with E-state index < -0.39 is 0 Å². The number of benzene rings is 4. The molecule has 4 N–H and O–H groups in total. The molecule has 4 aromatic rings. The molecule has 0 aliphatic carbocycles. The summed E-state index contributed by atoms with van der Waals surface area (Å²) in [6, 6.07) is 32.7. The van der Waals surface area contributed by atoms with Crippen LogP contribution in [0.4, 0.5) is 0 Å². The zero-order chi connectivity index (χ0) is 21.9. The SMILES string of the molecule is C=C(N)c1ccc(C)cc1.C=C(N)c1ccc(C)cc1.c1ccc2ccccc2c1. The highest BCUT2D eigenvalue weighted by Gasteiger charge is 1.91. The van der Waals surface area contributed by atoms with Crippen LogP contribution in [0, 0.1) is 13.8 Å². The first-order valence-corrected chi connectivity index (χ1v) is 9.83. The van der Waals surface area contributed by atoms with Gasteiger partial charge in [-0.25, -0.2) is 0 Å². The molecule has 2 nitrogen and oxygen atoms in total. The minimum Gasteiger partial charge on any atom is -0.399 e. The van der Waals surface area contributed by atoms with Gasteiger partial charge in [-0.3, -0.25) is 0 Å². The van der Waals surface area contributed by atoms with Gasteiger partial charge in [0.2, 0.25) is 0 Å². The number of aryl methyl sites for hydroxylation is 2. The number of nitrogens with two attached hydrogens (primary N) is 2. The van der Waals surface area contributed by atoms with Crippen LogP contribution in [0.1, 0.15) is 22.3 Å². The first-order valence-electron chi connectivity index (χ1n) is 9.83. The van der Waals surface area contributed by atoms with E-state index in [-0.39, 0.29) is 0 Å². The number of rotatable bonds is 2. The van der Waals surface area contributed by atoms with Crippen molar-refractivity contribution in [3.8, 4) is 0 Å². The molecule has 0 heterocycles. The first kappa shape index (κ1) is 22.5. The van der Waals surface area contributed by atoms with Gasteiger partial charge in [0.15, 0.2) is 0 Å². The number of hydrogen-bond acceptors (Lipinski definition) is 2. The van der Waals surface area contributed by atoms with Gasteiger partial charge in [0.1, 0.15) is 0 Å². The van der Waals surface area contributed by atoms with Gasteiger partial charge in [-0.05, 0) is 35.7 Å². The van der Waals surface area contributed by atoms with Gasteiger partial charge in [0, 0.05) is 11.4 Å². The zero-order valence-corrected chi connectivity index (χ0v) is 17.8. The maximum absolute atomic E-state index is 5.47. The fourth-order valence-corrected chi connectivity index (χ4v) is 2.67. The lowest BCUT2D eigenvalue weighted by molar-refractivity contribution is 1.44. The Morgan fingerprint density at radius 1 is 0.500 bits per heavy atom. The Labute approximate surface area is 180 Å². The Balaban J connectivity index is 0.000000160. The summed E-state index contributed by atoms with van der Waals surface area (Å²) in [6.45, 7) is 11.4. The van der Waals surface area contributed by atoms with Gasteiger partial charge >= 0.3 is 0 Å². The van der Waals surface area contributed by atoms with Crippen LogP contribution in [0.5, 0.6) is 0 Å². The molecule has 0 saturated heterocycles. The highest BCUT2D eigenvalue weighted by atomic mass is 14.6. The van der Waals surface area contributed by atoms with Crippen LogP contribution in [-0.4, -0.2) is 0 Å². The molecule has 2 heteroatoms. The molecule has 0 amide bonds. The van der Waals surface area contributed by atoms with Crippen LogP contribution in [-0.2, 0) is 0 Å². The van der Waals surface area contributed by atoms with E-state index in [1.54, 1.807) is 0 Å². The number of fused-ring (bicyclic) bond motifs is 1. The molecular formula is C28H30N2. The molecule has 0 atom stereocenters. The Kier molecular flexibility index (Phi) is 8.46. The van der Waals surface area contributed by atoms with Crippen LogP contribution in [0.2, 0.25) is 0 Å². The summed E-state index contributed by atoms with van der Waals surface area (Å²) in [7, 11) is 0. The van der Waals surface area contributed by atoms with Crippen LogP contribution < -0.4 is 11.5 Å². The van der Waals surface area contributed by atoms with Crippen LogP contribution in [0.15, 0.2) is 110 Å². The lowest BCUT2D eigenvalue weighted by atomic mass is 10.1. The maximum Gasteiger partial charge on any atom is 0.0314 e. The van der Waals surface area contributed by atoms with E-state index >= 15 is 0 Å². The van der Waals surface area contributed by atoms with E-state index in [9.17, 15) is 0 Å². The van der Waals surface area contributed by atoms with E-state index in [0.717, 1.165) is 11.1 Å². The normalized spacial score (nSPS) is 9.53. The van der Waals surface area contributed by atoms with E-state index in [2.05, 4.69) is 61.7 Å². The second-order valence-electron chi connectivity index (χ2n) is 7.13. The molecule has 4 aromatic carbocycles. The Morgan fingerprint density at radius 2 is 0.767 bits per heavy atom. The quantitative estimate of drug-likeness (QED) is 0.398. The van der Waals surface area contributed by atoms with Gasteiger partial charge in [0.05, 0.1) is 0 Å². The molecule has 0 aliphatic rings. The fraction of sp³-hybridized carbons (Fsp3) is 0.0714. The second kappa shape index (κ2) is 11.3. The minimum absolute atomic E-state index is 0.625. The molecule has 0 fully saturated rings. The van der Waals surface area contributed by atoms with E-state index in [1.165, 1.54) is 21.9 Å². The Bertz CT molecular complexity index is 971. The average Bonchev–Trinajstić information content (AvgIpc) is 2.75. The molecule has 0 spiro atoms. The first-order chi connectivity index (χ1) is 14.4. The average molecular weight is 395 g/mol. The van der Waals surface area contributed by atoms with Crippen molar-refractivity contribution < 1.29 is 0 Å². The molecule has 4 rings (SSSR count). The molecule has 152 valence electrons. The van der Waals surface area contributed by atoms with Crippen molar-refractivity contribution in [1.82, 2.24) is 0 Å². The van der Waals surface area contributed by atoms with Crippen molar-refractivity contribution in [2.24, 2.45) is 11.5 Å². The standard InChI is InChI=1S/C10H8.2C9H11N/c1-2-6-10-8-4-3-7-9(10)5-1;2*1-7-3-5-9(6-4-7)8(2)10/h1-8H;2*3-6H,2,10H2,1H3. The Hall–Kier alpha value is -3.78. The Morgan fingerprint density at radius 3 is 1.00 bits per heavy atom. The van der Waals surface area contributed by atoms with Crippen molar-refractivity contribution in [2.45, 2.75) is 13.8 Å². The molecule has 0 saturated carbocycles. The zero-order valence-electron chi connectivity index (χ0n) is 17.8. The summed E-state index contributed by atoms with van der Waals surface area (Å²) in [4.78, 5) is 0. The van der Waals surface area contributed by atoms with Crippen LogP contribution in [0.25, 0.3) is 22.2 Å². The molecule has 0 bridgehead atoms. The largest absolute Gasteiger partial charge is 0.399 e. The lowest BCUT2D eigenvalue weighted by Gasteiger charge is -1.98. The van der Waals surface area contributed by atoms with Gasteiger partial charge in [-0.2, -0.15) is 0 Å². The van der Waals surface area contributed by atoms with E-state index in [4.69, 9.17) is 11.5 Å². The van der Waals surface area contributed by atoms with Crippen molar-refractivity contribution in [3.63, 3.8) is 0 Å². The molecule has 0 aromatic heterocycles. The summed E-state index contributed by atoms with van der Waals surface area (Å²) >= 11 is 0. The van der Waals surface area contributed by atoms with Crippen molar-refractivity contribution >= 4 is 22.2 Å². The molecular weight excluding hydrogens is 364 g/mol. The van der Waals surface area contributed by atoms with Gasteiger partial charge in [0.25, 0.3) is 0 Å². The van der Waals surface area contributed by atoms with Gasteiger partial charge < -0.3 is 11.5 Å². The predicted octanol–water partition coefficient (Wildman–Crippen LogP) is 6.69. The van der Waals surface area contributed by atoms with Gasteiger partial charge in [-0.15, -0.1) is 0 Å². The summed E-state index contributed by atoms with van der Waals surface area (Å²) < 4.78 is 0. The third-order valence-electron chi connectivity index (χ3n) is 4.50. The van der Waals surface area contributed by atoms with Crippen molar-refractivity contribution in [3.05, 3.63) is 132 Å². The maximum atomic E-state index is 5.47. The highest BCUT2D eigenvalue weighted by molar-refractivity contribution is 5.82. The summed E-state index contributed by atoms with van der Waals surface area (Å²) in [5.41, 5.74) is 16.7. The molecule has 0 unspecified atom stereocenters. The monoisotopic (exact) mass is 394 g/mol. The topological polar surface area (TPSA) is 52.0 Å². The summed E-state index contributed by atoms with van der Waals surface area (Å²) in [5, 5.41) is 2.62. The van der Waals surface area contributed by atoms with Crippen LogP contribution in [0.3, 0.4) is 0 Å². The molecule has 0 radical (unpaired) electrons. The fourth-order valence-electron chi connectivity index (χ4n) is 2.67. The van der Waals surface area contributed by atoms with E-state index in [0.29, 0.717) is 11.4 Å². The molecule has 30 heavy (non-hydrogen) atoms. The molecule has 0 aliphatic heterocycles. The highest BCUT2D eigenvalue weighted by Crippen LogP contribution is 2.11. The van der Waals surface area contributed by atoms with Gasteiger partial charge in [-0.1, -0.05) is 121 Å². The minimum atomic E-state index is 0.625. The smallest absolute Gasteiger partial charge is 0.0314 e. The van der Waals surface area contributed by atoms with Crippen molar-refractivity contribution in [2.75, 3.05) is 0 Å². The lowest BCUT2D eigenvalue weighted by Crippen LogP contribution is -1.92. The van der Waals surface area contributed by atoms with Crippen LogP contribution >= 0.6 is 0 Å². The predicted molar refractivity (Wildman–Crippen MR) is 133 cm³/mol. The van der Waals surface area contributed by atoms with E-state index in [1.807, 2.05) is 62.4 Å².